The van der Waals surface area contributed by atoms with Gasteiger partial charge in [0.1, 0.15) is 0 Å². The van der Waals surface area contributed by atoms with E-state index in [2.05, 4.69) is 53.2 Å². The lowest BCUT2D eigenvalue weighted by molar-refractivity contribution is 1.34. The van der Waals surface area contributed by atoms with E-state index in [1.165, 1.54) is 10.5 Å². The number of nitriles is 1. The maximum Gasteiger partial charge on any atom is 0.0992 e. The topological polar surface area (TPSA) is 23.8 Å². The molecule has 3 heteroatoms. The van der Waals surface area contributed by atoms with E-state index in [0.29, 0.717) is 5.56 Å². The van der Waals surface area contributed by atoms with Crippen LogP contribution in [0.1, 0.15) is 11.1 Å². The Morgan fingerprint density at radius 3 is 2.41 bits per heavy atom. The van der Waals surface area contributed by atoms with E-state index in [4.69, 9.17) is 5.26 Å². The molecule has 2 rings (SSSR count). The average Bonchev–Trinajstić information content (AvgIpc) is 2.34. The minimum atomic E-state index is 0.671. The van der Waals surface area contributed by atoms with Crippen LogP contribution in [0.5, 0.6) is 0 Å². The van der Waals surface area contributed by atoms with Gasteiger partial charge in [-0.1, -0.05) is 29.5 Å². The highest BCUT2D eigenvalue weighted by Gasteiger charge is 2.03. The normalized spacial score (nSPS) is 9.94. The van der Waals surface area contributed by atoms with E-state index in [1.54, 1.807) is 11.8 Å². The first-order valence-electron chi connectivity index (χ1n) is 5.13. The Morgan fingerprint density at radius 2 is 1.82 bits per heavy atom. The second-order valence-corrected chi connectivity index (χ2v) is 5.64. The first-order chi connectivity index (χ1) is 8.19. The number of halogens is 1. The van der Waals surface area contributed by atoms with E-state index < -0.39 is 0 Å². The zero-order chi connectivity index (χ0) is 12.3. The highest BCUT2D eigenvalue weighted by molar-refractivity contribution is 9.10. The van der Waals surface area contributed by atoms with Crippen molar-refractivity contribution < 1.29 is 0 Å². The number of nitrogens with zero attached hydrogens (tertiary/aromatic N) is 1. The smallest absolute Gasteiger partial charge is 0.0992 e. The summed E-state index contributed by atoms with van der Waals surface area (Å²) >= 11 is 5.17. The van der Waals surface area contributed by atoms with Gasteiger partial charge in [0, 0.05) is 14.3 Å². The summed E-state index contributed by atoms with van der Waals surface area (Å²) in [5, 5.41) is 8.80. The summed E-state index contributed by atoms with van der Waals surface area (Å²) in [6, 6.07) is 16.2. The third kappa shape index (κ3) is 3.12. The molecule has 0 atom stereocenters. The number of hydrogen-bond acceptors (Lipinski definition) is 2. The van der Waals surface area contributed by atoms with Gasteiger partial charge in [0.05, 0.1) is 11.6 Å². The Morgan fingerprint density at radius 1 is 1.12 bits per heavy atom. The highest BCUT2D eigenvalue weighted by atomic mass is 79.9. The van der Waals surface area contributed by atoms with Gasteiger partial charge in [0.25, 0.3) is 0 Å². The van der Waals surface area contributed by atoms with Gasteiger partial charge in [-0.25, -0.2) is 0 Å². The minimum Gasteiger partial charge on any atom is -0.192 e. The van der Waals surface area contributed by atoms with Crippen LogP contribution in [0.3, 0.4) is 0 Å². The van der Waals surface area contributed by atoms with Crippen LogP contribution in [0.4, 0.5) is 0 Å². The van der Waals surface area contributed by atoms with Crippen LogP contribution in [-0.4, -0.2) is 0 Å². The average molecular weight is 304 g/mol. The summed E-state index contributed by atoms with van der Waals surface area (Å²) in [6.45, 7) is 2.08. The Balaban J connectivity index is 2.25. The molecule has 2 aromatic rings. The Kier molecular flexibility index (Phi) is 3.88. The fourth-order valence-electron chi connectivity index (χ4n) is 1.39. The molecule has 0 N–H and O–H groups in total. The van der Waals surface area contributed by atoms with Crippen molar-refractivity contribution in [2.24, 2.45) is 0 Å². The largest absolute Gasteiger partial charge is 0.192 e. The summed E-state index contributed by atoms with van der Waals surface area (Å²) in [6.07, 6.45) is 0. The van der Waals surface area contributed by atoms with Gasteiger partial charge in [0.15, 0.2) is 0 Å². The predicted octanol–water partition coefficient (Wildman–Crippen LogP) is 4.78. The predicted molar refractivity (Wildman–Crippen MR) is 74.2 cm³/mol. The van der Waals surface area contributed by atoms with Crippen molar-refractivity contribution >= 4 is 27.7 Å². The number of benzene rings is 2. The molecule has 1 nitrogen and oxygen atoms in total. The second-order valence-electron chi connectivity index (χ2n) is 3.67. The molecule has 0 aliphatic heterocycles. The zero-order valence-electron chi connectivity index (χ0n) is 9.27. The molecule has 0 bridgehead atoms. The summed E-state index contributed by atoms with van der Waals surface area (Å²) in [5.41, 5.74) is 1.93. The number of aryl methyl sites for hydroxylation is 1. The summed E-state index contributed by atoms with van der Waals surface area (Å²) in [5.74, 6) is 0. The lowest BCUT2D eigenvalue weighted by Gasteiger charge is -2.05. The van der Waals surface area contributed by atoms with Crippen LogP contribution in [0, 0.1) is 18.3 Å². The van der Waals surface area contributed by atoms with Crippen LogP contribution >= 0.6 is 27.7 Å². The van der Waals surface area contributed by atoms with Gasteiger partial charge in [-0.15, -0.1) is 0 Å². The van der Waals surface area contributed by atoms with Gasteiger partial charge in [0.2, 0.25) is 0 Å². The number of rotatable bonds is 2. The van der Waals surface area contributed by atoms with E-state index in [0.717, 1.165) is 9.37 Å². The molecule has 0 unspecified atom stereocenters. The molecule has 0 aliphatic rings. The van der Waals surface area contributed by atoms with E-state index >= 15 is 0 Å². The van der Waals surface area contributed by atoms with Crippen molar-refractivity contribution in [1.29, 1.82) is 5.26 Å². The first-order valence-corrected chi connectivity index (χ1v) is 6.74. The molecular weight excluding hydrogens is 294 g/mol. The van der Waals surface area contributed by atoms with E-state index in [-0.39, 0.29) is 0 Å². The lowest BCUT2D eigenvalue weighted by Crippen LogP contribution is -1.79. The van der Waals surface area contributed by atoms with Crippen molar-refractivity contribution in [1.82, 2.24) is 0 Å². The fraction of sp³-hybridized carbons (Fsp3) is 0.0714. The Labute approximate surface area is 114 Å². The van der Waals surface area contributed by atoms with Crippen molar-refractivity contribution in [3.63, 3.8) is 0 Å². The van der Waals surface area contributed by atoms with Crippen LogP contribution in [0.2, 0.25) is 0 Å². The van der Waals surface area contributed by atoms with Crippen molar-refractivity contribution in [3.8, 4) is 6.07 Å². The molecule has 2 aromatic carbocycles. The second kappa shape index (κ2) is 5.39. The quantitative estimate of drug-likeness (QED) is 0.797. The van der Waals surface area contributed by atoms with E-state index in [9.17, 15) is 0 Å². The molecule has 84 valence electrons. The summed E-state index contributed by atoms with van der Waals surface area (Å²) in [4.78, 5) is 2.31. The van der Waals surface area contributed by atoms with Gasteiger partial charge in [-0.3, -0.25) is 0 Å². The number of hydrogen-bond donors (Lipinski definition) is 0. The van der Waals surface area contributed by atoms with Crippen molar-refractivity contribution in [2.45, 2.75) is 16.7 Å². The Bertz CT molecular complexity index is 570. The van der Waals surface area contributed by atoms with Crippen LogP contribution in [-0.2, 0) is 0 Å². The monoisotopic (exact) mass is 303 g/mol. The van der Waals surface area contributed by atoms with Crippen molar-refractivity contribution in [2.75, 3.05) is 0 Å². The zero-order valence-corrected chi connectivity index (χ0v) is 11.7. The molecule has 0 amide bonds. The Hall–Kier alpha value is -1.24. The third-order valence-electron chi connectivity index (χ3n) is 2.31. The fourth-order valence-corrected chi connectivity index (χ4v) is 2.83. The maximum absolute atomic E-state index is 8.80. The van der Waals surface area contributed by atoms with Gasteiger partial charge < -0.3 is 0 Å². The third-order valence-corrected chi connectivity index (χ3v) is 4.31. The lowest BCUT2D eigenvalue weighted by atomic mass is 10.2. The minimum absolute atomic E-state index is 0.671. The van der Waals surface area contributed by atoms with Crippen molar-refractivity contribution in [3.05, 3.63) is 58.1 Å². The van der Waals surface area contributed by atoms with Gasteiger partial charge >= 0.3 is 0 Å². The van der Waals surface area contributed by atoms with Gasteiger partial charge in [-0.05, 0) is 53.2 Å². The van der Waals surface area contributed by atoms with Crippen LogP contribution in [0.25, 0.3) is 0 Å². The highest BCUT2D eigenvalue weighted by Crippen LogP contribution is 2.33. The molecule has 0 aliphatic carbocycles. The molecule has 0 saturated heterocycles. The molecule has 0 spiro atoms. The van der Waals surface area contributed by atoms with Crippen LogP contribution < -0.4 is 0 Å². The molecule has 0 fully saturated rings. The molecular formula is C14H10BrNS. The van der Waals surface area contributed by atoms with Crippen LogP contribution in [0.15, 0.2) is 56.7 Å². The molecule has 0 saturated carbocycles. The standard InChI is InChI=1S/C14H10BrNS/c1-10-2-5-12(6-3-10)17-14-7-4-11(9-16)8-13(14)15/h2-8H,1H3. The van der Waals surface area contributed by atoms with E-state index in [1.807, 2.05) is 18.2 Å². The summed E-state index contributed by atoms with van der Waals surface area (Å²) < 4.78 is 0.960. The molecule has 0 radical (unpaired) electrons. The maximum atomic E-state index is 8.80. The SMILES string of the molecule is Cc1ccc(Sc2ccc(C#N)cc2Br)cc1. The molecule has 17 heavy (non-hydrogen) atoms. The molecule has 0 aromatic heterocycles. The summed E-state index contributed by atoms with van der Waals surface area (Å²) in [7, 11) is 0. The first kappa shape index (κ1) is 12.2. The van der Waals surface area contributed by atoms with Gasteiger partial charge in [-0.2, -0.15) is 5.26 Å². The molecule has 0 heterocycles.